The fourth-order valence-electron chi connectivity index (χ4n) is 3.17. The number of carbonyl (C=O) groups is 1. The number of anilines is 1. The van der Waals surface area contributed by atoms with Crippen molar-refractivity contribution in [1.82, 2.24) is 0 Å². The van der Waals surface area contributed by atoms with E-state index >= 15 is 0 Å². The number of benzene rings is 1. The Bertz CT molecular complexity index is 474. The third-order valence-corrected chi connectivity index (χ3v) is 4.53. The molecule has 0 bridgehead atoms. The number of nitrogens with one attached hydrogen (secondary N) is 1. The second kappa shape index (κ2) is 6.29. The second-order valence-electron chi connectivity index (χ2n) is 6.08. The van der Waals surface area contributed by atoms with E-state index < -0.39 is 0 Å². The number of carbonyl (C=O) groups excluding carboxylic acids is 1. The number of ether oxygens (including phenoxy) is 1. The third-order valence-electron chi connectivity index (χ3n) is 4.53. The smallest absolute Gasteiger partial charge is 0.337 e. The van der Waals surface area contributed by atoms with Crippen LogP contribution in [0.4, 0.5) is 5.69 Å². The van der Waals surface area contributed by atoms with E-state index in [1.54, 1.807) is 0 Å². The first-order valence-electron chi connectivity index (χ1n) is 7.48. The topological polar surface area (TPSA) is 38.3 Å². The number of aryl methyl sites for hydroxylation is 1. The lowest BCUT2D eigenvalue weighted by molar-refractivity contribution is 0.0601. The van der Waals surface area contributed by atoms with Gasteiger partial charge in [0, 0.05) is 11.7 Å². The lowest BCUT2D eigenvalue weighted by Gasteiger charge is -2.36. The van der Waals surface area contributed by atoms with E-state index in [1.165, 1.54) is 31.9 Å². The van der Waals surface area contributed by atoms with Crippen LogP contribution in [0.25, 0.3) is 0 Å². The number of hydrogen-bond donors (Lipinski definition) is 1. The number of esters is 1. The fourth-order valence-corrected chi connectivity index (χ4v) is 3.17. The monoisotopic (exact) mass is 275 g/mol. The molecular weight excluding hydrogens is 250 g/mol. The van der Waals surface area contributed by atoms with Crippen LogP contribution in [-0.4, -0.2) is 19.1 Å². The molecule has 0 radical (unpaired) electrons. The first-order chi connectivity index (χ1) is 9.52. The van der Waals surface area contributed by atoms with Crippen molar-refractivity contribution in [3.63, 3.8) is 0 Å². The summed E-state index contributed by atoms with van der Waals surface area (Å²) in [6, 6.07) is 6.19. The summed E-state index contributed by atoms with van der Waals surface area (Å²) in [4.78, 5) is 11.6. The minimum Gasteiger partial charge on any atom is -0.465 e. The van der Waals surface area contributed by atoms with E-state index in [0.717, 1.165) is 5.69 Å². The SMILES string of the molecule is COC(=O)c1ccc(C)c(NC2C(C)CCCC2C)c1. The first-order valence-corrected chi connectivity index (χ1v) is 7.48. The molecule has 0 spiro atoms. The molecule has 1 N–H and O–H groups in total. The maximum absolute atomic E-state index is 11.6. The summed E-state index contributed by atoms with van der Waals surface area (Å²) in [5.41, 5.74) is 2.83. The van der Waals surface area contributed by atoms with Crippen molar-refractivity contribution < 1.29 is 9.53 Å². The number of hydrogen-bond acceptors (Lipinski definition) is 3. The highest BCUT2D eigenvalue weighted by atomic mass is 16.5. The van der Waals surface area contributed by atoms with Crippen molar-refractivity contribution in [2.24, 2.45) is 11.8 Å². The molecule has 1 aliphatic carbocycles. The van der Waals surface area contributed by atoms with Gasteiger partial charge in [0.1, 0.15) is 0 Å². The molecule has 1 aromatic carbocycles. The molecule has 1 aliphatic rings. The standard InChI is InChI=1S/C17H25NO2/c1-11-8-9-14(17(19)20-4)10-15(11)18-16-12(2)6-5-7-13(16)3/h8-10,12-13,16,18H,5-7H2,1-4H3. The lowest BCUT2D eigenvalue weighted by atomic mass is 9.78. The summed E-state index contributed by atoms with van der Waals surface area (Å²) in [5.74, 6) is 1.05. The molecule has 2 unspecified atom stereocenters. The highest BCUT2D eigenvalue weighted by molar-refractivity contribution is 5.90. The van der Waals surface area contributed by atoms with Crippen molar-refractivity contribution in [3.8, 4) is 0 Å². The Balaban J connectivity index is 2.21. The molecule has 20 heavy (non-hydrogen) atoms. The Hall–Kier alpha value is -1.51. The lowest BCUT2D eigenvalue weighted by Crippen LogP contribution is -2.37. The molecule has 0 aromatic heterocycles. The van der Waals surface area contributed by atoms with Crippen molar-refractivity contribution in [2.45, 2.75) is 46.1 Å². The van der Waals surface area contributed by atoms with E-state index in [1.807, 2.05) is 18.2 Å². The summed E-state index contributed by atoms with van der Waals surface area (Å²) < 4.78 is 4.80. The van der Waals surface area contributed by atoms with Crippen molar-refractivity contribution >= 4 is 11.7 Å². The summed E-state index contributed by atoms with van der Waals surface area (Å²) in [6.45, 7) is 6.70. The molecular formula is C17H25NO2. The van der Waals surface area contributed by atoms with Crippen LogP contribution in [0.2, 0.25) is 0 Å². The van der Waals surface area contributed by atoms with Crippen LogP contribution >= 0.6 is 0 Å². The molecule has 1 saturated carbocycles. The van der Waals surface area contributed by atoms with E-state index in [9.17, 15) is 4.79 Å². The minimum atomic E-state index is -0.280. The Morgan fingerprint density at radius 2 is 1.90 bits per heavy atom. The Morgan fingerprint density at radius 3 is 2.50 bits per heavy atom. The normalized spacial score (nSPS) is 26.1. The van der Waals surface area contributed by atoms with Gasteiger partial charge in [0.05, 0.1) is 12.7 Å². The average molecular weight is 275 g/mol. The maximum Gasteiger partial charge on any atom is 0.337 e. The fraction of sp³-hybridized carbons (Fsp3) is 0.588. The predicted octanol–water partition coefficient (Wildman–Crippen LogP) is 4.02. The molecule has 0 saturated heterocycles. The van der Waals surface area contributed by atoms with Crippen molar-refractivity contribution in [2.75, 3.05) is 12.4 Å². The van der Waals surface area contributed by atoms with Crippen LogP contribution in [0.1, 0.15) is 49.0 Å². The molecule has 0 amide bonds. The Labute approximate surface area is 121 Å². The summed E-state index contributed by atoms with van der Waals surface area (Å²) >= 11 is 0. The van der Waals surface area contributed by atoms with Crippen molar-refractivity contribution in [3.05, 3.63) is 29.3 Å². The largest absolute Gasteiger partial charge is 0.465 e. The molecule has 0 aliphatic heterocycles. The van der Waals surface area contributed by atoms with E-state index in [0.29, 0.717) is 23.4 Å². The van der Waals surface area contributed by atoms with Gasteiger partial charge in [0.15, 0.2) is 0 Å². The van der Waals surface area contributed by atoms with Crippen LogP contribution in [0.5, 0.6) is 0 Å². The maximum atomic E-state index is 11.6. The minimum absolute atomic E-state index is 0.280. The number of methoxy groups -OCH3 is 1. The molecule has 1 fully saturated rings. The molecule has 2 rings (SSSR count). The van der Waals surface area contributed by atoms with E-state index in [4.69, 9.17) is 4.74 Å². The van der Waals surface area contributed by atoms with Gasteiger partial charge in [0.25, 0.3) is 0 Å². The second-order valence-corrected chi connectivity index (χ2v) is 6.08. The molecule has 1 aromatic rings. The van der Waals surface area contributed by atoms with E-state index in [2.05, 4.69) is 26.1 Å². The average Bonchev–Trinajstić information content (AvgIpc) is 2.44. The summed E-state index contributed by atoms with van der Waals surface area (Å²) in [5, 5.41) is 3.66. The van der Waals surface area contributed by atoms with Crippen LogP contribution in [0.15, 0.2) is 18.2 Å². The highest BCUT2D eigenvalue weighted by Gasteiger charge is 2.27. The van der Waals surface area contributed by atoms with Gasteiger partial charge in [-0.15, -0.1) is 0 Å². The zero-order valence-electron chi connectivity index (χ0n) is 12.9. The molecule has 3 heteroatoms. The third kappa shape index (κ3) is 3.14. The molecule has 110 valence electrons. The molecule has 2 atom stereocenters. The molecule has 0 heterocycles. The summed E-state index contributed by atoms with van der Waals surface area (Å²) in [6.07, 6.45) is 3.87. The molecule has 3 nitrogen and oxygen atoms in total. The predicted molar refractivity (Wildman–Crippen MR) is 82.1 cm³/mol. The number of rotatable bonds is 3. The van der Waals surface area contributed by atoms with Gasteiger partial charge in [-0.25, -0.2) is 4.79 Å². The van der Waals surface area contributed by atoms with Gasteiger partial charge in [0.2, 0.25) is 0 Å². The van der Waals surface area contributed by atoms with Crippen LogP contribution in [-0.2, 0) is 4.74 Å². The van der Waals surface area contributed by atoms with E-state index in [-0.39, 0.29) is 5.97 Å². The van der Waals surface area contributed by atoms with Gasteiger partial charge in [-0.1, -0.05) is 26.3 Å². The van der Waals surface area contributed by atoms with Gasteiger partial charge in [-0.3, -0.25) is 0 Å². The van der Waals surface area contributed by atoms with Crippen LogP contribution in [0.3, 0.4) is 0 Å². The van der Waals surface area contributed by atoms with Crippen LogP contribution in [0, 0.1) is 18.8 Å². The van der Waals surface area contributed by atoms with Gasteiger partial charge < -0.3 is 10.1 Å². The van der Waals surface area contributed by atoms with Gasteiger partial charge in [-0.2, -0.15) is 0 Å². The zero-order chi connectivity index (χ0) is 14.7. The van der Waals surface area contributed by atoms with Crippen LogP contribution < -0.4 is 5.32 Å². The quantitative estimate of drug-likeness (QED) is 0.847. The Morgan fingerprint density at radius 1 is 1.25 bits per heavy atom. The van der Waals surface area contributed by atoms with Gasteiger partial charge in [-0.05, 0) is 49.3 Å². The first kappa shape index (κ1) is 14.9. The highest BCUT2D eigenvalue weighted by Crippen LogP contribution is 2.32. The Kier molecular flexibility index (Phi) is 4.69. The van der Waals surface area contributed by atoms with Crippen molar-refractivity contribution in [1.29, 1.82) is 0 Å². The van der Waals surface area contributed by atoms with Gasteiger partial charge >= 0.3 is 5.97 Å². The summed E-state index contributed by atoms with van der Waals surface area (Å²) in [7, 11) is 1.42. The zero-order valence-corrected chi connectivity index (χ0v) is 12.9.